The Morgan fingerprint density at radius 1 is 1.24 bits per heavy atom. The van der Waals surface area contributed by atoms with Gasteiger partial charge in [0.1, 0.15) is 5.75 Å². The van der Waals surface area contributed by atoms with Crippen molar-refractivity contribution in [1.82, 2.24) is 10.6 Å². The highest BCUT2D eigenvalue weighted by Crippen LogP contribution is 2.27. The number of nitrogens with one attached hydrogen (secondary N) is 2. The first-order valence-electron chi connectivity index (χ1n) is 9.03. The molecule has 1 aromatic carbocycles. The van der Waals surface area contributed by atoms with Gasteiger partial charge in [-0.15, -0.1) is 0 Å². The first-order chi connectivity index (χ1) is 12.0. The second kappa shape index (κ2) is 9.42. The highest BCUT2D eigenvalue weighted by Gasteiger charge is 2.24. The SMILES string of the molecule is CCOc1ccccc1C(CC(=O)NC1CCC(N)CC1)NC(C)=O. The number of carbonyl (C=O) groups excluding carboxylic acids is 2. The molecule has 0 aliphatic heterocycles. The van der Waals surface area contributed by atoms with Crippen molar-refractivity contribution < 1.29 is 14.3 Å². The molecule has 1 saturated carbocycles. The van der Waals surface area contributed by atoms with Gasteiger partial charge in [-0.2, -0.15) is 0 Å². The monoisotopic (exact) mass is 347 g/mol. The van der Waals surface area contributed by atoms with Gasteiger partial charge in [-0.05, 0) is 38.7 Å². The van der Waals surface area contributed by atoms with E-state index in [0.717, 1.165) is 31.2 Å². The zero-order chi connectivity index (χ0) is 18.2. The molecule has 1 unspecified atom stereocenters. The van der Waals surface area contributed by atoms with E-state index in [-0.39, 0.29) is 30.3 Å². The molecule has 0 radical (unpaired) electrons. The van der Waals surface area contributed by atoms with Crippen LogP contribution in [0.15, 0.2) is 24.3 Å². The Balaban J connectivity index is 2.04. The Labute approximate surface area is 149 Å². The second-order valence-electron chi connectivity index (χ2n) is 6.61. The molecular formula is C19H29N3O3. The van der Waals surface area contributed by atoms with Crippen molar-refractivity contribution in [2.75, 3.05) is 6.61 Å². The van der Waals surface area contributed by atoms with Crippen molar-refractivity contribution in [2.24, 2.45) is 5.73 Å². The topological polar surface area (TPSA) is 93.4 Å². The summed E-state index contributed by atoms with van der Waals surface area (Å²) < 4.78 is 5.65. The van der Waals surface area contributed by atoms with Crippen LogP contribution >= 0.6 is 0 Å². The highest BCUT2D eigenvalue weighted by atomic mass is 16.5. The lowest BCUT2D eigenvalue weighted by Gasteiger charge is -2.28. The number of amides is 2. The van der Waals surface area contributed by atoms with Crippen molar-refractivity contribution in [1.29, 1.82) is 0 Å². The summed E-state index contributed by atoms with van der Waals surface area (Å²) in [6, 6.07) is 7.52. The Bertz CT molecular complexity index is 583. The first-order valence-corrected chi connectivity index (χ1v) is 9.03. The van der Waals surface area contributed by atoms with Gasteiger partial charge in [0.15, 0.2) is 0 Å². The van der Waals surface area contributed by atoms with Crippen molar-refractivity contribution in [3.8, 4) is 5.75 Å². The molecule has 6 heteroatoms. The third-order valence-electron chi connectivity index (χ3n) is 4.50. The minimum atomic E-state index is -0.411. The molecule has 1 aromatic rings. The average Bonchev–Trinajstić information content (AvgIpc) is 2.57. The van der Waals surface area contributed by atoms with Crippen molar-refractivity contribution in [3.63, 3.8) is 0 Å². The number of rotatable bonds is 7. The summed E-state index contributed by atoms with van der Waals surface area (Å²) in [6.45, 7) is 3.89. The lowest BCUT2D eigenvalue weighted by molar-refractivity contribution is -0.123. The molecule has 2 amide bonds. The summed E-state index contributed by atoms with van der Waals surface area (Å²) in [4.78, 5) is 24.1. The minimum absolute atomic E-state index is 0.0643. The van der Waals surface area contributed by atoms with E-state index in [2.05, 4.69) is 10.6 Å². The van der Waals surface area contributed by atoms with E-state index >= 15 is 0 Å². The van der Waals surface area contributed by atoms with Crippen LogP contribution < -0.4 is 21.1 Å². The molecular weight excluding hydrogens is 318 g/mol. The normalized spacial score (nSPS) is 21.2. The molecule has 0 bridgehead atoms. The number of carbonyl (C=O) groups is 2. The molecule has 0 saturated heterocycles. The van der Waals surface area contributed by atoms with Gasteiger partial charge in [0, 0.05) is 24.6 Å². The van der Waals surface area contributed by atoms with E-state index in [4.69, 9.17) is 10.5 Å². The molecule has 25 heavy (non-hydrogen) atoms. The quantitative estimate of drug-likeness (QED) is 0.703. The Kier molecular flexibility index (Phi) is 7.25. The molecule has 138 valence electrons. The summed E-state index contributed by atoms with van der Waals surface area (Å²) in [6.07, 6.45) is 3.88. The van der Waals surface area contributed by atoms with E-state index in [1.54, 1.807) is 0 Å². The van der Waals surface area contributed by atoms with Gasteiger partial charge >= 0.3 is 0 Å². The van der Waals surface area contributed by atoms with Gasteiger partial charge in [0.05, 0.1) is 19.1 Å². The standard InChI is InChI=1S/C19H29N3O3/c1-3-25-18-7-5-4-6-16(18)17(21-13(2)23)12-19(24)22-15-10-8-14(20)9-11-15/h4-7,14-15,17H,3,8-12,20H2,1-2H3,(H,21,23)(H,22,24). The van der Waals surface area contributed by atoms with E-state index in [0.29, 0.717) is 12.4 Å². The third-order valence-corrected chi connectivity index (χ3v) is 4.50. The van der Waals surface area contributed by atoms with Crippen LogP contribution in [0.5, 0.6) is 5.75 Å². The number of nitrogens with two attached hydrogens (primary N) is 1. The maximum absolute atomic E-state index is 12.5. The lowest BCUT2D eigenvalue weighted by atomic mass is 9.91. The maximum Gasteiger partial charge on any atom is 0.222 e. The molecule has 0 aromatic heterocycles. The van der Waals surface area contributed by atoms with E-state index < -0.39 is 6.04 Å². The Morgan fingerprint density at radius 2 is 1.92 bits per heavy atom. The predicted molar refractivity (Wildman–Crippen MR) is 97.2 cm³/mol. The van der Waals surface area contributed by atoms with Gasteiger partial charge < -0.3 is 21.1 Å². The first kappa shape index (κ1) is 19.2. The van der Waals surface area contributed by atoms with E-state index in [1.807, 2.05) is 31.2 Å². The highest BCUT2D eigenvalue weighted by molar-refractivity contribution is 5.79. The fourth-order valence-electron chi connectivity index (χ4n) is 3.27. The second-order valence-corrected chi connectivity index (χ2v) is 6.61. The molecule has 6 nitrogen and oxygen atoms in total. The molecule has 0 heterocycles. The fraction of sp³-hybridized carbons (Fsp3) is 0.579. The van der Waals surface area contributed by atoms with Gasteiger partial charge in [0.25, 0.3) is 0 Å². The summed E-state index contributed by atoms with van der Waals surface area (Å²) in [7, 11) is 0. The average molecular weight is 347 g/mol. The minimum Gasteiger partial charge on any atom is -0.494 e. The smallest absolute Gasteiger partial charge is 0.222 e. The molecule has 0 spiro atoms. The summed E-state index contributed by atoms with van der Waals surface area (Å²) in [5, 5.41) is 5.95. The molecule has 1 aliphatic rings. The van der Waals surface area contributed by atoms with Crippen LogP contribution in [0.1, 0.15) is 57.6 Å². The third kappa shape index (κ3) is 6.05. The number of ether oxygens (including phenoxy) is 1. The van der Waals surface area contributed by atoms with Crippen LogP contribution in [0, 0.1) is 0 Å². The van der Waals surface area contributed by atoms with Crippen LogP contribution in [0.4, 0.5) is 0 Å². The number of para-hydroxylation sites is 1. The van der Waals surface area contributed by atoms with Crippen LogP contribution in [0.2, 0.25) is 0 Å². The number of hydrogen-bond acceptors (Lipinski definition) is 4. The van der Waals surface area contributed by atoms with Crippen LogP contribution in [0.25, 0.3) is 0 Å². The lowest BCUT2D eigenvalue weighted by Crippen LogP contribution is -2.42. The summed E-state index contributed by atoms with van der Waals surface area (Å²) in [5.74, 6) is 0.457. The summed E-state index contributed by atoms with van der Waals surface area (Å²) >= 11 is 0. The van der Waals surface area contributed by atoms with Gasteiger partial charge in [-0.3, -0.25) is 9.59 Å². The number of hydrogen-bond donors (Lipinski definition) is 3. The van der Waals surface area contributed by atoms with Crippen molar-refractivity contribution >= 4 is 11.8 Å². The molecule has 2 rings (SSSR count). The number of benzene rings is 1. The fourth-order valence-corrected chi connectivity index (χ4v) is 3.27. The van der Waals surface area contributed by atoms with E-state index in [9.17, 15) is 9.59 Å². The van der Waals surface area contributed by atoms with Crippen LogP contribution in [0.3, 0.4) is 0 Å². The molecule has 4 N–H and O–H groups in total. The predicted octanol–water partition coefficient (Wildman–Crippen LogP) is 2.04. The molecule has 1 atom stereocenters. The summed E-state index contributed by atoms with van der Waals surface area (Å²) in [5.41, 5.74) is 6.73. The van der Waals surface area contributed by atoms with Gasteiger partial charge in [-0.1, -0.05) is 18.2 Å². The van der Waals surface area contributed by atoms with E-state index in [1.165, 1.54) is 6.92 Å². The molecule has 1 aliphatic carbocycles. The Hall–Kier alpha value is -2.08. The zero-order valence-corrected chi connectivity index (χ0v) is 15.1. The van der Waals surface area contributed by atoms with Gasteiger partial charge in [-0.25, -0.2) is 0 Å². The van der Waals surface area contributed by atoms with Crippen LogP contribution in [-0.2, 0) is 9.59 Å². The van der Waals surface area contributed by atoms with Crippen LogP contribution in [-0.4, -0.2) is 30.5 Å². The Morgan fingerprint density at radius 3 is 2.56 bits per heavy atom. The molecule has 1 fully saturated rings. The zero-order valence-electron chi connectivity index (χ0n) is 15.1. The maximum atomic E-state index is 12.5. The largest absolute Gasteiger partial charge is 0.494 e. The van der Waals surface area contributed by atoms with Gasteiger partial charge in [0.2, 0.25) is 11.8 Å². The van der Waals surface area contributed by atoms with Crippen molar-refractivity contribution in [2.45, 2.75) is 64.1 Å². The van der Waals surface area contributed by atoms with Crippen molar-refractivity contribution in [3.05, 3.63) is 29.8 Å².